The Labute approximate surface area is 122 Å². The molecule has 0 radical (unpaired) electrons. The fraction of sp³-hybridized carbons (Fsp3) is 0.231. The van der Waals surface area contributed by atoms with E-state index in [1.54, 1.807) is 29.6 Å². The number of fused-ring (bicyclic) bond motifs is 1. The normalized spacial score (nSPS) is 12.2. The first-order valence-corrected chi connectivity index (χ1v) is 7.03. The molecule has 0 saturated carbocycles. The van der Waals surface area contributed by atoms with E-state index in [-0.39, 0.29) is 12.4 Å². The van der Waals surface area contributed by atoms with Crippen molar-refractivity contribution in [1.82, 2.24) is 14.5 Å². The van der Waals surface area contributed by atoms with Crippen molar-refractivity contribution in [2.24, 2.45) is 5.73 Å². The molecule has 0 spiro atoms. The van der Waals surface area contributed by atoms with Gasteiger partial charge in [0.15, 0.2) is 5.82 Å². The predicted molar refractivity (Wildman–Crippen MR) is 74.8 cm³/mol. The summed E-state index contributed by atoms with van der Waals surface area (Å²) in [5.41, 5.74) is 6.86. The number of benzene rings is 1. The standard InChI is InChI=1S/C13H11F3N4S/c14-13(15,16)7-20-10-4-2-1-3-8(10)19-12(20)9-6-21-11(5-17)18-9/h1-4,6H,5,7,17H2. The summed E-state index contributed by atoms with van der Waals surface area (Å²) in [5, 5.41) is 2.34. The van der Waals surface area contributed by atoms with Gasteiger partial charge in [-0.25, -0.2) is 9.97 Å². The Morgan fingerprint density at radius 3 is 2.62 bits per heavy atom. The Hall–Kier alpha value is -1.93. The molecule has 110 valence electrons. The third kappa shape index (κ3) is 2.77. The lowest BCUT2D eigenvalue weighted by Crippen LogP contribution is -2.18. The summed E-state index contributed by atoms with van der Waals surface area (Å²) in [6.45, 7) is -0.845. The van der Waals surface area contributed by atoms with Gasteiger partial charge < -0.3 is 10.3 Å². The summed E-state index contributed by atoms with van der Waals surface area (Å²) >= 11 is 1.31. The molecule has 1 aromatic carbocycles. The molecule has 2 aromatic heterocycles. The van der Waals surface area contributed by atoms with Gasteiger partial charge in [0.2, 0.25) is 0 Å². The van der Waals surface area contributed by atoms with Gasteiger partial charge in [-0.05, 0) is 12.1 Å². The number of nitrogens with zero attached hydrogens (tertiary/aromatic N) is 3. The SMILES string of the molecule is NCc1nc(-c2nc3ccccc3n2CC(F)(F)F)cs1. The van der Waals surface area contributed by atoms with Crippen LogP contribution in [0.4, 0.5) is 13.2 Å². The third-order valence-electron chi connectivity index (χ3n) is 2.95. The smallest absolute Gasteiger partial charge is 0.325 e. The Balaban J connectivity index is 2.18. The molecule has 2 heterocycles. The molecule has 3 rings (SSSR count). The van der Waals surface area contributed by atoms with Crippen LogP contribution in [-0.2, 0) is 13.1 Å². The average Bonchev–Trinajstić information content (AvgIpc) is 3.02. The van der Waals surface area contributed by atoms with Crippen molar-refractivity contribution in [2.75, 3.05) is 0 Å². The number of imidazole rings is 1. The van der Waals surface area contributed by atoms with Crippen molar-refractivity contribution in [3.05, 3.63) is 34.7 Å². The van der Waals surface area contributed by atoms with Crippen LogP contribution in [0, 0.1) is 0 Å². The Kier molecular flexibility index (Phi) is 3.42. The van der Waals surface area contributed by atoms with Gasteiger partial charge in [-0.3, -0.25) is 0 Å². The highest BCUT2D eigenvalue weighted by Gasteiger charge is 2.30. The maximum absolute atomic E-state index is 12.8. The molecule has 0 saturated heterocycles. The first kappa shape index (κ1) is 14.0. The van der Waals surface area contributed by atoms with Gasteiger partial charge in [0.25, 0.3) is 0 Å². The number of halogens is 3. The van der Waals surface area contributed by atoms with Crippen LogP contribution in [0.3, 0.4) is 0 Å². The molecule has 0 aliphatic heterocycles. The lowest BCUT2D eigenvalue weighted by molar-refractivity contribution is -0.139. The zero-order valence-corrected chi connectivity index (χ0v) is 11.6. The molecule has 0 aliphatic rings. The van der Waals surface area contributed by atoms with Gasteiger partial charge in [-0.2, -0.15) is 13.2 Å². The average molecular weight is 312 g/mol. The van der Waals surface area contributed by atoms with Crippen molar-refractivity contribution in [3.63, 3.8) is 0 Å². The van der Waals surface area contributed by atoms with Gasteiger partial charge >= 0.3 is 6.18 Å². The fourth-order valence-corrected chi connectivity index (χ4v) is 2.77. The van der Waals surface area contributed by atoms with Crippen molar-refractivity contribution in [2.45, 2.75) is 19.3 Å². The van der Waals surface area contributed by atoms with Crippen molar-refractivity contribution < 1.29 is 13.2 Å². The second kappa shape index (κ2) is 5.12. The molecule has 0 aliphatic carbocycles. The molecule has 0 amide bonds. The molecular formula is C13H11F3N4S. The monoisotopic (exact) mass is 312 g/mol. The maximum Gasteiger partial charge on any atom is 0.406 e. The second-order valence-electron chi connectivity index (χ2n) is 4.46. The van der Waals surface area contributed by atoms with Crippen molar-refractivity contribution in [1.29, 1.82) is 0 Å². The lowest BCUT2D eigenvalue weighted by Gasteiger charge is -2.10. The molecule has 3 aromatic rings. The van der Waals surface area contributed by atoms with Crippen LogP contribution in [0.1, 0.15) is 5.01 Å². The maximum atomic E-state index is 12.8. The van der Waals surface area contributed by atoms with Crippen LogP contribution in [0.25, 0.3) is 22.6 Å². The summed E-state index contributed by atoms with van der Waals surface area (Å²) in [4.78, 5) is 8.51. The molecule has 8 heteroatoms. The quantitative estimate of drug-likeness (QED) is 0.808. The molecule has 2 N–H and O–H groups in total. The molecule has 21 heavy (non-hydrogen) atoms. The fourth-order valence-electron chi connectivity index (χ4n) is 2.12. The minimum Gasteiger partial charge on any atom is -0.325 e. The first-order valence-electron chi connectivity index (χ1n) is 6.15. The van der Waals surface area contributed by atoms with E-state index in [2.05, 4.69) is 9.97 Å². The minimum absolute atomic E-state index is 0.212. The Bertz CT molecular complexity index is 775. The van der Waals surface area contributed by atoms with E-state index in [0.717, 1.165) is 4.57 Å². The topological polar surface area (TPSA) is 56.7 Å². The highest BCUT2D eigenvalue weighted by atomic mass is 32.1. The van der Waals surface area contributed by atoms with Gasteiger partial charge in [-0.15, -0.1) is 11.3 Å². The molecular weight excluding hydrogens is 301 g/mol. The summed E-state index contributed by atoms with van der Waals surface area (Å²) < 4.78 is 39.6. The van der Waals surface area contributed by atoms with Crippen LogP contribution in [0.15, 0.2) is 29.6 Å². The zero-order valence-electron chi connectivity index (χ0n) is 10.8. The summed E-state index contributed by atoms with van der Waals surface area (Å²) in [6, 6.07) is 6.73. The molecule has 0 fully saturated rings. The number of thiazole rings is 1. The van der Waals surface area contributed by atoms with Gasteiger partial charge in [-0.1, -0.05) is 12.1 Å². The van der Waals surface area contributed by atoms with Crippen molar-refractivity contribution >= 4 is 22.4 Å². The highest BCUT2D eigenvalue weighted by Crippen LogP contribution is 2.29. The van der Waals surface area contributed by atoms with Crippen LogP contribution in [0.2, 0.25) is 0 Å². The summed E-state index contributed by atoms with van der Waals surface area (Å²) in [6.07, 6.45) is -4.33. The van der Waals surface area contributed by atoms with E-state index in [1.165, 1.54) is 11.3 Å². The Morgan fingerprint density at radius 1 is 1.19 bits per heavy atom. The number of hydrogen-bond acceptors (Lipinski definition) is 4. The first-order chi connectivity index (χ1) is 9.98. The van der Waals surface area contributed by atoms with E-state index in [4.69, 9.17) is 5.73 Å². The summed E-state index contributed by atoms with van der Waals surface area (Å²) in [7, 11) is 0. The van der Waals surface area contributed by atoms with E-state index in [1.807, 2.05) is 0 Å². The minimum atomic E-state index is -4.33. The van der Waals surface area contributed by atoms with Crippen LogP contribution in [-0.4, -0.2) is 20.7 Å². The number of nitrogens with two attached hydrogens (primary N) is 1. The predicted octanol–water partition coefficient (Wildman–Crippen LogP) is 3.18. The number of alkyl halides is 3. The summed E-state index contributed by atoms with van der Waals surface area (Å²) in [5.74, 6) is 0.212. The largest absolute Gasteiger partial charge is 0.406 e. The molecule has 0 unspecified atom stereocenters. The molecule has 4 nitrogen and oxygen atoms in total. The molecule has 0 atom stereocenters. The van der Waals surface area contributed by atoms with E-state index in [9.17, 15) is 13.2 Å². The van der Waals surface area contributed by atoms with E-state index >= 15 is 0 Å². The second-order valence-corrected chi connectivity index (χ2v) is 5.40. The van der Waals surface area contributed by atoms with Crippen molar-refractivity contribution in [3.8, 4) is 11.5 Å². The number of para-hydroxylation sites is 2. The number of rotatable bonds is 3. The van der Waals surface area contributed by atoms with E-state index < -0.39 is 12.7 Å². The highest BCUT2D eigenvalue weighted by molar-refractivity contribution is 7.09. The van der Waals surface area contributed by atoms with Gasteiger partial charge in [0.05, 0.1) is 11.0 Å². The van der Waals surface area contributed by atoms with Crippen LogP contribution in [0.5, 0.6) is 0 Å². The van der Waals surface area contributed by atoms with Gasteiger partial charge in [0.1, 0.15) is 17.2 Å². The van der Waals surface area contributed by atoms with Gasteiger partial charge in [0, 0.05) is 11.9 Å². The van der Waals surface area contributed by atoms with Crippen LogP contribution < -0.4 is 5.73 Å². The zero-order chi connectivity index (χ0) is 15.0. The Morgan fingerprint density at radius 2 is 1.95 bits per heavy atom. The lowest BCUT2D eigenvalue weighted by atomic mass is 10.3. The van der Waals surface area contributed by atoms with Crippen LogP contribution >= 0.6 is 11.3 Å². The third-order valence-corrected chi connectivity index (χ3v) is 3.82. The molecule has 0 bridgehead atoms. The number of hydrogen-bond donors (Lipinski definition) is 1. The van der Waals surface area contributed by atoms with E-state index in [0.29, 0.717) is 21.7 Å². The number of aromatic nitrogens is 3.